The molecule has 0 aliphatic carbocycles. The van der Waals surface area contributed by atoms with E-state index >= 15 is 0 Å². The molecule has 0 bridgehead atoms. The number of amides is 1. The van der Waals surface area contributed by atoms with Crippen molar-refractivity contribution in [3.8, 4) is 0 Å². The zero-order chi connectivity index (χ0) is 16.3. The van der Waals surface area contributed by atoms with Crippen molar-refractivity contribution in [2.24, 2.45) is 0 Å². The number of nitrogens with one attached hydrogen (secondary N) is 2. The molecule has 0 saturated carbocycles. The van der Waals surface area contributed by atoms with Gasteiger partial charge in [0.25, 0.3) is 0 Å². The van der Waals surface area contributed by atoms with Gasteiger partial charge in [-0.2, -0.15) is 0 Å². The van der Waals surface area contributed by atoms with Crippen LogP contribution in [0.3, 0.4) is 0 Å². The first-order valence-corrected chi connectivity index (χ1v) is 6.85. The van der Waals surface area contributed by atoms with E-state index in [1.807, 2.05) is 0 Å². The number of H-pyrrole nitrogens is 1. The van der Waals surface area contributed by atoms with Gasteiger partial charge in [-0.3, -0.25) is 4.79 Å². The fraction of sp³-hybridized carbons (Fsp3) is 0.333. The minimum absolute atomic E-state index is 0.108. The van der Waals surface area contributed by atoms with Gasteiger partial charge in [0.2, 0.25) is 5.91 Å². The predicted octanol–water partition coefficient (Wildman–Crippen LogP) is 0.787. The van der Waals surface area contributed by atoms with E-state index in [4.69, 9.17) is 5.11 Å². The van der Waals surface area contributed by atoms with Crippen LogP contribution in [0.5, 0.6) is 0 Å². The maximum Gasteiger partial charge on any atom is 0.337 e. The normalized spacial score (nSPS) is 13.8. The summed E-state index contributed by atoms with van der Waals surface area (Å²) in [4.78, 5) is 24.7. The summed E-state index contributed by atoms with van der Waals surface area (Å²) in [6.45, 7) is 1.62. The number of aliphatic hydroxyl groups excluding tert-OH is 2. The van der Waals surface area contributed by atoms with E-state index in [1.165, 1.54) is 13.1 Å². The standard InChI is InChI=1S/C15H18N2O5/c1-8(18)16-5-4-13(19)14(20)9-2-3-12-10(6-9)11(7-17-12)15(21)22/h2-3,6-7,13-14,17,19-20H,4-5H2,1H3,(H,16,18)(H,21,22). The molecule has 1 aromatic carbocycles. The summed E-state index contributed by atoms with van der Waals surface area (Å²) in [5.41, 5.74) is 1.17. The highest BCUT2D eigenvalue weighted by molar-refractivity contribution is 6.03. The van der Waals surface area contributed by atoms with E-state index in [9.17, 15) is 19.8 Å². The Morgan fingerprint density at radius 2 is 2.05 bits per heavy atom. The molecule has 0 saturated heterocycles. The Labute approximate surface area is 126 Å². The number of rotatable bonds is 6. The number of fused-ring (bicyclic) bond motifs is 1. The van der Waals surface area contributed by atoms with E-state index in [1.54, 1.807) is 18.2 Å². The van der Waals surface area contributed by atoms with E-state index in [0.717, 1.165) is 0 Å². The number of carboxylic acids is 1. The smallest absolute Gasteiger partial charge is 0.337 e. The molecule has 118 valence electrons. The molecule has 0 radical (unpaired) electrons. The van der Waals surface area contributed by atoms with Crippen molar-refractivity contribution >= 4 is 22.8 Å². The van der Waals surface area contributed by atoms with Gasteiger partial charge in [-0.25, -0.2) is 4.79 Å². The highest BCUT2D eigenvalue weighted by Gasteiger charge is 2.20. The van der Waals surface area contributed by atoms with Crippen molar-refractivity contribution in [1.82, 2.24) is 10.3 Å². The molecular formula is C15H18N2O5. The Morgan fingerprint density at radius 1 is 1.32 bits per heavy atom. The third-order valence-electron chi connectivity index (χ3n) is 3.46. The number of carboxylic acid groups (broad SMARTS) is 1. The lowest BCUT2D eigenvalue weighted by Crippen LogP contribution is -2.27. The van der Waals surface area contributed by atoms with Crippen LogP contribution < -0.4 is 5.32 Å². The highest BCUT2D eigenvalue weighted by atomic mass is 16.4. The molecule has 1 heterocycles. The maximum atomic E-state index is 11.1. The Balaban J connectivity index is 2.16. The molecule has 7 nitrogen and oxygen atoms in total. The van der Waals surface area contributed by atoms with Gasteiger partial charge in [0, 0.05) is 30.6 Å². The molecule has 0 aliphatic heterocycles. The van der Waals surface area contributed by atoms with Crippen molar-refractivity contribution in [1.29, 1.82) is 0 Å². The molecule has 2 rings (SSSR count). The number of benzene rings is 1. The molecule has 7 heteroatoms. The Bertz CT molecular complexity index is 694. The summed E-state index contributed by atoms with van der Waals surface area (Å²) in [5.74, 6) is -1.27. The van der Waals surface area contributed by atoms with E-state index < -0.39 is 18.2 Å². The van der Waals surface area contributed by atoms with Crippen LogP contribution in [0.15, 0.2) is 24.4 Å². The van der Waals surface area contributed by atoms with Gasteiger partial charge < -0.3 is 25.6 Å². The number of aromatic nitrogens is 1. The first kappa shape index (κ1) is 16.0. The molecule has 2 atom stereocenters. The second-order valence-corrected chi connectivity index (χ2v) is 5.10. The van der Waals surface area contributed by atoms with Crippen LogP contribution in [0.1, 0.15) is 35.4 Å². The number of aromatic amines is 1. The van der Waals surface area contributed by atoms with Crippen molar-refractivity contribution in [3.05, 3.63) is 35.5 Å². The minimum Gasteiger partial charge on any atom is -0.478 e. The number of aromatic carboxylic acids is 1. The second kappa shape index (κ2) is 6.59. The minimum atomic E-state index is -1.16. The zero-order valence-corrected chi connectivity index (χ0v) is 12.0. The van der Waals surface area contributed by atoms with Crippen molar-refractivity contribution in [2.45, 2.75) is 25.6 Å². The lowest BCUT2D eigenvalue weighted by Gasteiger charge is -2.18. The average Bonchev–Trinajstić information content (AvgIpc) is 2.88. The van der Waals surface area contributed by atoms with Crippen LogP contribution in [-0.4, -0.2) is 44.8 Å². The zero-order valence-electron chi connectivity index (χ0n) is 12.0. The predicted molar refractivity (Wildman–Crippen MR) is 79.5 cm³/mol. The molecule has 1 amide bonds. The summed E-state index contributed by atoms with van der Waals surface area (Å²) < 4.78 is 0. The topological polar surface area (TPSA) is 123 Å². The van der Waals surface area contributed by atoms with Crippen LogP contribution >= 0.6 is 0 Å². The van der Waals surface area contributed by atoms with Gasteiger partial charge in [0.1, 0.15) is 6.10 Å². The average molecular weight is 306 g/mol. The SMILES string of the molecule is CC(=O)NCCC(O)C(O)c1ccc2[nH]cc(C(=O)O)c2c1. The number of carbonyl (C=O) groups excluding carboxylic acids is 1. The summed E-state index contributed by atoms with van der Waals surface area (Å²) in [6.07, 6.45) is -0.639. The van der Waals surface area contributed by atoms with Crippen LogP contribution in [0.4, 0.5) is 0 Å². The first-order chi connectivity index (χ1) is 10.4. The Kier molecular flexibility index (Phi) is 4.79. The van der Waals surface area contributed by atoms with E-state index in [0.29, 0.717) is 16.5 Å². The summed E-state index contributed by atoms with van der Waals surface area (Å²) in [7, 11) is 0. The summed E-state index contributed by atoms with van der Waals surface area (Å²) in [6, 6.07) is 4.82. The van der Waals surface area contributed by atoms with Gasteiger partial charge in [0.05, 0.1) is 11.7 Å². The molecule has 0 aliphatic rings. The van der Waals surface area contributed by atoms with Crippen LogP contribution in [-0.2, 0) is 4.79 Å². The molecule has 5 N–H and O–H groups in total. The fourth-order valence-electron chi connectivity index (χ4n) is 2.28. The Morgan fingerprint density at radius 3 is 2.68 bits per heavy atom. The Hall–Kier alpha value is -2.38. The lowest BCUT2D eigenvalue weighted by atomic mass is 10.00. The van der Waals surface area contributed by atoms with Gasteiger partial charge >= 0.3 is 5.97 Å². The van der Waals surface area contributed by atoms with Crippen LogP contribution in [0, 0.1) is 0 Å². The van der Waals surface area contributed by atoms with Gasteiger partial charge in [0.15, 0.2) is 0 Å². The largest absolute Gasteiger partial charge is 0.478 e. The molecule has 22 heavy (non-hydrogen) atoms. The van der Waals surface area contributed by atoms with Crippen LogP contribution in [0.25, 0.3) is 10.9 Å². The van der Waals surface area contributed by atoms with Crippen LogP contribution in [0.2, 0.25) is 0 Å². The molecule has 2 unspecified atom stereocenters. The number of hydrogen-bond acceptors (Lipinski definition) is 4. The van der Waals surface area contributed by atoms with Crippen molar-refractivity contribution in [2.75, 3.05) is 6.54 Å². The number of hydrogen-bond donors (Lipinski definition) is 5. The third-order valence-corrected chi connectivity index (χ3v) is 3.46. The maximum absolute atomic E-state index is 11.1. The number of carbonyl (C=O) groups is 2. The second-order valence-electron chi connectivity index (χ2n) is 5.10. The summed E-state index contributed by atoms with van der Waals surface area (Å²) >= 11 is 0. The molecular weight excluding hydrogens is 288 g/mol. The van der Waals surface area contributed by atoms with Crippen molar-refractivity contribution < 1.29 is 24.9 Å². The molecule has 1 aromatic heterocycles. The van der Waals surface area contributed by atoms with Crippen molar-refractivity contribution in [3.63, 3.8) is 0 Å². The van der Waals surface area contributed by atoms with Gasteiger partial charge in [-0.1, -0.05) is 6.07 Å². The van der Waals surface area contributed by atoms with E-state index in [2.05, 4.69) is 10.3 Å². The molecule has 0 fully saturated rings. The first-order valence-electron chi connectivity index (χ1n) is 6.85. The van der Waals surface area contributed by atoms with E-state index in [-0.39, 0.29) is 24.4 Å². The van der Waals surface area contributed by atoms with Gasteiger partial charge in [-0.15, -0.1) is 0 Å². The quantitative estimate of drug-likeness (QED) is 0.540. The summed E-state index contributed by atoms with van der Waals surface area (Å²) in [5, 5.41) is 32.2. The third kappa shape index (κ3) is 3.44. The van der Waals surface area contributed by atoms with Gasteiger partial charge in [-0.05, 0) is 24.1 Å². The lowest BCUT2D eigenvalue weighted by molar-refractivity contribution is -0.119. The molecule has 2 aromatic rings. The fourth-order valence-corrected chi connectivity index (χ4v) is 2.28. The number of aliphatic hydroxyl groups is 2. The highest BCUT2D eigenvalue weighted by Crippen LogP contribution is 2.25. The monoisotopic (exact) mass is 306 g/mol. The molecule has 0 spiro atoms.